The highest BCUT2D eigenvalue weighted by atomic mass is 32.1. The summed E-state index contributed by atoms with van der Waals surface area (Å²) >= 11 is 1.69. The Kier molecular flexibility index (Phi) is 5.33. The quantitative estimate of drug-likeness (QED) is 0.570. The van der Waals surface area contributed by atoms with Crippen molar-refractivity contribution in [1.29, 1.82) is 0 Å². The molecule has 0 saturated carbocycles. The van der Waals surface area contributed by atoms with Crippen LogP contribution < -0.4 is 10.9 Å². The number of fused-ring (bicyclic) bond motifs is 1. The van der Waals surface area contributed by atoms with Crippen molar-refractivity contribution >= 4 is 27.2 Å². The SMILES string of the molecule is Cc1nc2ccc(NNC3=C(CO)CN(Cc4cccnc4)CC3)cc2s1. The highest BCUT2D eigenvalue weighted by molar-refractivity contribution is 7.18. The summed E-state index contributed by atoms with van der Waals surface area (Å²) in [4.78, 5) is 11.0. The summed E-state index contributed by atoms with van der Waals surface area (Å²) in [6, 6.07) is 10.2. The Bertz CT molecular complexity index is 953. The molecule has 0 bridgehead atoms. The van der Waals surface area contributed by atoms with E-state index in [9.17, 15) is 5.11 Å². The Balaban J connectivity index is 1.41. The Hall–Kier alpha value is -2.48. The second kappa shape index (κ2) is 8.04. The first kappa shape index (κ1) is 17.9. The van der Waals surface area contributed by atoms with Gasteiger partial charge in [0.25, 0.3) is 0 Å². The van der Waals surface area contributed by atoms with Crippen LogP contribution >= 0.6 is 11.3 Å². The van der Waals surface area contributed by atoms with Crippen LogP contribution in [0.3, 0.4) is 0 Å². The van der Waals surface area contributed by atoms with E-state index in [1.165, 1.54) is 10.3 Å². The summed E-state index contributed by atoms with van der Waals surface area (Å²) in [6.07, 6.45) is 4.55. The normalized spacial score (nSPS) is 15.3. The molecule has 6 nitrogen and oxygen atoms in total. The minimum Gasteiger partial charge on any atom is -0.392 e. The lowest BCUT2D eigenvalue weighted by atomic mass is 10.1. The molecule has 0 spiro atoms. The van der Waals surface area contributed by atoms with E-state index < -0.39 is 0 Å². The Labute approximate surface area is 162 Å². The fourth-order valence-electron chi connectivity index (χ4n) is 3.34. The van der Waals surface area contributed by atoms with Crippen LogP contribution in [-0.4, -0.2) is 39.7 Å². The van der Waals surface area contributed by atoms with Gasteiger partial charge in [0.2, 0.25) is 0 Å². The van der Waals surface area contributed by atoms with Crippen molar-refractivity contribution < 1.29 is 5.11 Å². The smallest absolute Gasteiger partial charge is 0.0907 e. The number of thiazole rings is 1. The molecular formula is C20H23N5OS. The summed E-state index contributed by atoms with van der Waals surface area (Å²) in [6.45, 7) is 4.62. The van der Waals surface area contributed by atoms with Crippen LogP contribution in [-0.2, 0) is 6.54 Å². The van der Waals surface area contributed by atoms with Gasteiger partial charge in [0.1, 0.15) is 0 Å². The number of hydrazine groups is 1. The fourth-order valence-corrected chi connectivity index (χ4v) is 4.20. The van der Waals surface area contributed by atoms with Gasteiger partial charge >= 0.3 is 0 Å². The molecule has 27 heavy (non-hydrogen) atoms. The van der Waals surface area contributed by atoms with Crippen LogP contribution in [0.1, 0.15) is 17.0 Å². The lowest BCUT2D eigenvalue weighted by Crippen LogP contribution is -2.37. The molecule has 1 aromatic carbocycles. The summed E-state index contributed by atoms with van der Waals surface area (Å²) < 4.78 is 1.17. The molecule has 3 aromatic rings. The van der Waals surface area contributed by atoms with Gasteiger partial charge in [0.05, 0.1) is 27.5 Å². The van der Waals surface area contributed by atoms with E-state index in [2.05, 4.69) is 37.9 Å². The molecule has 3 heterocycles. The number of nitrogens with zero attached hydrogens (tertiary/aromatic N) is 3. The van der Waals surface area contributed by atoms with Crippen molar-refractivity contribution in [2.45, 2.75) is 19.9 Å². The molecule has 0 atom stereocenters. The highest BCUT2D eigenvalue weighted by Gasteiger charge is 2.18. The summed E-state index contributed by atoms with van der Waals surface area (Å²) in [5.41, 5.74) is 11.9. The number of rotatable bonds is 6. The largest absolute Gasteiger partial charge is 0.392 e. The maximum absolute atomic E-state index is 9.82. The average molecular weight is 382 g/mol. The highest BCUT2D eigenvalue weighted by Crippen LogP contribution is 2.25. The zero-order valence-corrected chi connectivity index (χ0v) is 16.1. The third kappa shape index (κ3) is 4.27. The molecule has 140 valence electrons. The van der Waals surface area contributed by atoms with E-state index >= 15 is 0 Å². The molecule has 0 saturated heterocycles. The molecule has 0 unspecified atom stereocenters. The number of hydrogen-bond donors (Lipinski definition) is 3. The monoisotopic (exact) mass is 381 g/mol. The van der Waals surface area contributed by atoms with Gasteiger partial charge in [-0.05, 0) is 42.3 Å². The second-order valence-corrected chi connectivity index (χ2v) is 7.96. The maximum atomic E-state index is 9.82. The predicted molar refractivity (Wildman–Crippen MR) is 109 cm³/mol. The lowest BCUT2D eigenvalue weighted by Gasteiger charge is -2.31. The van der Waals surface area contributed by atoms with Crippen LogP contribution in [0.15, 0.2) is 54.0 Å². The predicted octanol–water partition coefficient (Wildman–Crippen LogP) is 3.07. The first-order valence-corrected chi connectivity index (χ1v) is 9.85. The van der Waals surface area contributed by atoms with E-state index in [-0.39, 0.29) is 6.61 Å². The van der Waals surface area contributed by atoms with E-state index in [1.807, 2.05) is 31.3 Å². The van der Waals surface area contributed by atoms with E-state index in [4.69, 9.17) is 0 Å². The van der Waals surface area contributed by atoms with Gasteiger partial charge in [0.15, 0.2) is 0 Å². The minimum atomic E-state index is 0.0562. The summed E-state index contributed by atoms with van der Waals surface area (Å²) in [7, 11) is 0. The number of benzene rings is 1. The van der Waals surface area contributed by atoms with Gasteiger partial charge in [-0.3, -0.25) is 9.88 Å². The first-order chi connectivity index (χ1) is 13.2. The van der Waals surface area contributed by atoms with E-state index in [1.54, 1.807) is 17.5 Å². The van der Waals surface area contributed by atoms with Gasteiger partial charge in [0, 0.05) is 44.1 Å². The van der Waals surface area contributed by atoms with Gasteiger partial charge in [-0.25, -0.2) is 4.98 Å². The number of anilines is 1. The molecule has 3 N–H and O–H groups in total. The van der Waals surface area contributed by atoms with Crippen molar-refractivity contribution in [1.82, 2.24) is 20.3 Å². The maximum Gasteiger partial charge on any atom is 0.0907 e. The minimum absolute atomic E-state index is 0.0562. The van der Waals surface area contributed by atoms with Crippen molar-refractivity contribution in [3.63, 3.8) is 0 Å². The summed E-state index contributed by atoms with van der Waals surface area (Å²) in [5.74, 6) is 0. The van der Waals surface area contributed by atoms with Gasteiger partial charge in [-0.1, -0.05) is 6.07 Å². The Morgan fingerprint density at radius 1 is 1.26 bits per heavy atom. The molecule has 0 aliphatic carbocycles. The Morgan fingerprint density at radius 2 is 2.19 bits per heavy atom. The number of aromatic nitrogens is 2. The average Bonchev–Trinajstić information content (AvgIpc) is 3.07. The third-order valence-electron chi connectivity index (χ3n) is 4.69. The van der Waals surface area contributed by atoms with Crippen molar-refractivity contribution in [2.24, 2.45) is 0 Å². The van der Waals surface area contributed by atoms with Crippen molar-refractivity contribution in [3.05, 3.63) is 64.6 Å². The van der Waals surface area contributed by atoms with Gasteiger partial charge in [-0.2, -0.15) is 0 Å². The molecular weight excluding hydrogens is 358 g/mol. The molecule has 1 aliphatic rings. The zero-order valence-electron chi connectivity index (χ0n) is 15.3. The van der Waals surface area contributed by atoms with Crippen molar-refractivity contribution in [3.8, 4) is 0 Å². The van der Waals surface area contributed by atoms with Crippen molar-refractivity contribution in [2.75, 3.05) is 25.1 Å². The number of nitrogens with one attached hydrogen (secondary N) is 2. The first-order valence-electron chi connectivity index (χ1n) is 9.03. The van der Waals surface area contributed by atoms with Gasteiger partial charge < -0.3 is 16.0 Å². The number of hydrogen-bond acceptors (Lipinski definition) is 7. The van der Waals surface area contributed by atoms with Gasteiger partial charge in [-0.15, -0.1) is 11.3 Å². The van der Waals surface area contributed by atoms with Crippen LogP contribution in [0.5, 0.6) is 0 Å². The molecule has 0 fully saturated rings. The van der Waals surface area contributed by atoms with Crippen LogP contribution in [0.25, 0.3) is 10.2 Å². The number of pyridine rings is 1. The van der Waals surface area contributed by atoms with Crippen LogP contribution in [0.4, 0.5) is 5.69 Å². The molecule has 2 aromatic heterocycles. The molecule has 0 amide bonds. The standard InChI is InChI=1S/C20H23N5OS/c1-14-22-19-5-4-17(9-20(19)27-14)23-24-18-6-8-25(12-16(18)13-26)11-15-3-2-7-21-10-15/h2-5,7,9-10,23-24,26H,6,8,11-13H2,1H3. The fraction of sp³-hybridized carbons (Fsp3) is 0.300. The number of aliphatic hydroxyl groups is 1. The lowest BCUT2D eigenvalue weighted by molar-refractivity contribution is 0.243. The van der Waals surface area contributed by atoms with Crippen LogP contribution in [0.2, 0.25) is 0 Å². The third-order valence-corrected chi connectivity index (χ3v) is 5.63. The van der Waals surface area contributed by atoms with E-state index in [0.29, 0.717) is 0 Å². The molecule has 7 heteroatoms. The number of aryl methyl sites for hydroxylation is 1. The number of aliphatic hydroxyl groups excluding tert-OH is 1. The molecule has 4 rings (SSSR count). The molecule has 0 radical (unpaired) electrons. The Morgan fingerprint density at radius 3 is 3.00 bits per heavy atom. The molecule has 1 aliphatic heterocycles. The summed E-state index contributed by atoms with van der Waals surface area (Å²) in [5, 5.41) is 10.9. The van der Waals surface area contributed by atoms with E-state index in [0.717, 1.165) is 53.5 Å². The topological polar surface area (TPSA) is 73.3 Å². The van der Waals surface area contributed by atoms with Crippen LogP contribution in [0, 0.1) is 6.92 Å². The zero-order chi connectivity index (χ0) is 18.6. The second-order valence-electron chi connectivity index (χ2n) is 6.73.